The highest BCUT2D eigenvalue weighted by molar-refractivity contribution is 5.75. The fraction of sp³-hybridized carbons (Fsp3) is 0.500. The Hall–Kier alpha value is -2.63. The Kier molecular flexibility index (Phi) is 7.23. The van der Waals surface area contributed by atoms with Crippen molar-refractivity contribution >= 4 is 17.5 Å². The van der Waals surface area contributed by atoms with E-state index in [1.165, 1.54) is 12.0 Å². The van der Waals surface area contributed by atoms with Crippen LogP contribution < -0.4 is 10.2 Å². The number of piperidine rings is 1. The van der Waals surface area contributed by atoms with E-state index in [2.05, 4.69) is 39.2 Å². The van der Waals surface area contributed by atoms with Crippen LogP contribution in [0.1, 0.15) is 38.2 Å². The number of hydrogen-bond donors (Lipinski definition) is 1. The fourth-order valence-electron chi connectivity index (χ4n) is 3.77. The Bertz CT molecular complexity index is 752. The molecule has 0 bridgehead atoms. The van der Waals surface area contributed by atoms with Crippen molar-refractivity contribution in [3.8, 4) is 0 Å². The highest BCUT2D eigenvalue weighted by Gasteiger charge is 2.22. The largest absolute Gasteiger partial charge is 0.370 e. The number of carbonyl (C=O) groups is 1. The van der Waals surface area contributed by atoms with E-state index in [-0.39, 0.29) is 5.91 Å². The molecule has 1 aromatic heterocycles. The van der Waals surface area contributed by atoms with E-state index in [0.29, 0.717) is 18.9 Å². The summed E-state index contributed by atoms with van der Waals surface area (Å²) in [6.45, 7) is 5.55. The molecule has 0 saturated carbocycles. The summed E-state index contributed by atoms with van der Waals surface area (Å²) < 4.78 is 0. The van der Waals surface area contributed by atoms with Gasteiger partial charge in [-0.15, -0.1) is 0 Å². The molecule has 0 aliphatic carbocycles. The topological polar surface area (TPSA) is 61.4 Å². The van der Waals surface area contributed by atoms with Crippen molar-refractivity contribution in [3.63, 3.8) is 0 Å². The molecule has 150 valence electrons. The highest BCUT2D eigenvalue weighted by atomic mass is 16.2. The minimum atomic E-state index is 0.220. The van der Waals surface area contributed by atoms with Crippen LogP contribution in [-0.2, 0) is 11.3 Å². The zero-order valence-electron chi connectivity index (χ0n) is 17.0. The second kappa shape index (κ2) is 10.1. The third-order valence-electron chi connectivity index (χ3n) is 5.31. The van der Waals surface area contributed by atoms with Gasteiger partial charge in [0.2, 0.25) is 5.91 Å². The van der Waals surface area contributed by atoms with Gasteiger partial charge in [0.15, 0.2) is 0 Å². The van der Waals surface area contributed by atoms with Crippen molar-refractivity contribution in [2.24, 2.45) is 5.92 Å². The predicted molar refractivity (Wildman–Crippen MR) is 113 cm³/mol. The number of carbonyl (C=O) groups excluding carboxylic acids is 1. The number of benzene rings is 1. The maximum absolute atomic E-state index is 12.5. The number of aromatic nitrogens is 2. The van der Waals surface area contributed by atoms with E-state index in [9.17, 15) is 4.79 Å². The van der Waals surface area contributed by atoms with Crippen LogP contribution in [-0.4, -0.2) is 47.5 Å². The van der Waals surface area contributed by atoms with E-state index in [0.717, 1.165) is 44.1 Å². The van der Waals surface area contributed by atoms with E-state index in [1.807, 2.05) is 36.2 Å². The molecule has 1 saturated heterocycles. The number of anilines is 2. The van der Waals surface area contributed by atoms with Gasteiger partial charge in [-0.2, -0.15) is 0 Å². The lowest BCUT2D eigenvalue weighted by atomic mass is 9.93. The summed E-state index contributed by atoms with van der Waals surface area (Å²) in [5.74, 6) is 2.59. The average molecular weight is 382 g/mol. The molecule has 1 aliphatic rings. The van der Waals surface area contributed by atoms with Crippen molar-refractivity contribution in [2.75, 3.05) is 36.9 Å². The number of nitrogens with zero attached hydrogens (tertiary/aromatic N) is 4. The molecule has 1 aromatic carbocycles. The average Bonchev–Trinajstić information content (AvgIpc) is 2.73. The summed E-state index contributed by atoms with van der Waals surface area (Å²) in [7, 11) is 1.89. The van der Waals surface area contributed by atoms with Crippen LogP contribution in [0.5, 0.6) is 0 Å². The molecule has 0 spiro atoms. The molecule has 1 N–H and O–H groups in total. The summed E-state index contributed by atoms with van der Waals surface area (Å²) in [5.41, 5.74) is 1.17. The maximum Gasteiger partial charge on any atom is 0.222 e. The quantitative estimate of drug-likeness (QED) is 0.757. The van der Waals surface area contributed by atoms with Gasteiger partial charge in [0, 0.05) is 45.7 Å². The predicted octanol–water partition coefficient (Wildman–Crippen LogP) is 3.56. The van der Waals surface area contributed by atoms with Gasteiger partial charge >= 0.3 is 0 Å². The minimum absolute atomic E-state index is 0.220. The molecular weight excluding hydrogens is 350 g/mol. The van der Waals surface area contributed by atoms with Crippen LogP contribution in [0.4, 0.5) is 11.6 Å². The summed E-state index contributed by atoms with van der Waals surface area (Å²) in [5, 5.41) is 3.24. The van der Waals surface area contributed by atoms with Crippen LogP contribution in [0, 0.1) is 5.92 Å². The number of amides is 1. The molecule has 1 amide bonds. The molecule has 28 heavy (non-hydrogen) atoms. The monoisotopic (exact) mass is 381 g/mol. The first-order valence-electron chi connectivity index (χ1n) is 10.2. The second-order valence-electron chi connectivity index (χ2n) is 7.52. The molecule has 3 rings (SSSR count). The van der Waals surface area contributed by atoms with Crippen molar-refractivity contribution < 1.29 is 4.79 Å². The molecule has 1 atom stereocenters. The summed E-state index contributed by atoms with van der Waals surface area (Å²) in [6, 6.07) is 12.2. The number of nitrogens with one attached hydrogen (secondary N) is 1. The summed E-state index contributed by atoms with van der Waals surface area (Å²) >= 11 is 0. The van der Waals surface area contributed by atoms with Gasteiger partial charge in [-0.1, -0.05) is 30.3 Å². The molecular formula is C22H31N5O. The maximum atomic E-state index is 12.5. The van der Waals surface area contributed by atoms with Crippen LogP contribution in [0.25, 0.3) is 0 Å². The van der Waals surface area contributed by atoms with Crippen LogP contribution >= 0.6 is 0 Å². The highest BCUT2D eigenvalue weighted by Crippen LogP contribution is 2.25. The molecule has 0 radical (unpaired) electrons. The number of rotatable bonds is 8. The summed E-state index contributed by atoms with van der Waals surface area (Å²) in [6.07, 6.45) is 5.48. The SMILES string of the molecule is CCNc1cc(N2CCC[C@H](CCC(=O)N(C)Cc3ccccc3)C2)ncn1. The lowest BCUT2D eigenvalue weighted by Crippen LogP contribution is -2.36. The molecule has 6 nitrogen and oxygen atoms in total. The Morgan fingerprint density at radius 1 is 1.29 bits per heavy atom. The molecule has 2 heterocycles. The fourth-order valence-corrected chi connectivity index (χ4v) is 3.77. The van der Waals surface area contributed by atoms with E-state index >= 15 is 0 Å². The Balaban J connectivity index is 1.49. The first kappa shape index (κ1) is 20.1. The minimum Gasteiger partial charge on any atom is -0.370 e. The first-order valence-corrected chi connectivity index (χ1v) is 10.2. The van der Waals surface area contributed by atoms with Crippen molar-refractivity contribution in [2.45, 2.75) is 39.2 Å². The first-order chi connectivity index (χ1) is 13.7. The van der Waals surface area contributed by atoms with E-state index in [1.54, 1.807) is 6.33 Å². The molecule has 6 heteroatoms. The summed E-state index contributed by atoms with van der Waals surface area (Å²) in [4.78, 5) is 25.4. The Morgan fingerprint density at radius 3 is 2.89 bits per heavy atom. The number of hydrogen-bond acceptors (Lipinski definition) is 5. The van der Waals surface area contributed by atoms with Crippen molar-refractivity contribution in [1.82, 2.24) is 14.9 Å². The standard InChI is InChI=1S/C22H31N5O/c1-3-23-20-14-21(25-17-24-20)27-13-7-10-19(16-27)11-12-22(28)26(2)15-18-8-5-4-6-9-18/h4-6,8-9,14,17,19H,3,7,10-13,15-16H2,1-2H3,(H,23,24,25)/t19-/m1/s1. The lowest BCUT2D eigenvalue weighted by Gasteiger charge is -2.33. The van der Waals surface area contributed by atoms with E-state index in [4.69, 9.17) is 0 Å². The van der Waals surface area contributed by atoms with Gasteiger partial charge < -0.3 is 15.1 Å². The zero-order valence-corrected chi connectivity index (χ0v) is 17.0. The van der Waals surface area contributed by atoms with Crippen LogP contribution in [0.2, 0.25) is 0 Å². The van der Waals surface area contributed by atoms with Gasteiger partial charge in [-0.05, 0) is 37.7 Å². The van der Waals surface area contributed by atoms with Gasteiger partial charge in [-0.3, -0.25) is 4.79 Å². The van der Waals surface area contributed by atoms with E-state index < -0.39 is 0 Å². The second-order valence-corrected chi connectivity index (χ2v) is 7.52. The third-order valence-corrected chi connectivity index (χ3v) is 5.31. The van der Waals surface area contributed by atoms with Crippen LogP contribution in [0.3, 0.4) is 0 Å². The smallest absolute Gasteiger partial charge is 0.222 e. The zero-order chi connectivity index (χ0) is 19.8. The Labute approximate surface area is 168 Å². The van der Waals surface area contributed by atoms with Gasteiger partial charge in [-0.25, -0.2) is 9.97 Å². The Morgan fingerprint density at radius 2 is 2.11 bits per heavy atom. The van der Waals surface area contributed by atoms with Crippen molar-refractivity contribution in [1.29, 1.82) is 0 Å². The van der Waals surface area contributed by atoms with Crippen LogP contribution in [0.15, 0.2) is 42.7 Å². The van der Waals surface area contributed by atoms with Gasteiger partial charge in [0.1, 0.15) is 18.0 Å². The normalized spacial score (nSPS) is 16.6. The van der Waals surface area contributed by atoms with Gasteiger partial charge in [0.05, 0.1) is 0 Å². The molecule has 2 aromatic rings. The third kappa shape index (κ3) is 5.68. The molecule has 0 unspecified atom stereocenters. The lowest BCUT2D eigenvalue weighted by molar-refractivity contribution is -0.130. The molecule has 1 aliphatic heterocycles. The molecule has 1 fully saturated rings. The van der Waals surface area contributed by atoms with Crippen molar-refractivity contribution in [3.05, 3.63) is 48.3 Å². The van der Waals surface area contributed by atoms with Gasteiger partial charge in [0.25, 0.3) is 0 Å².